The Labute approximate surface area is 338 Å². The topological polar surface area (TPSA) is 229 Å². The summed E-state index contributed by atoms with van der Waals surface area (Å²) >= 11 is 1.30. The van der Waals surface area contributed by atoms with Crippen molar-refractivity contribution >= 4 is 35.4 Å². The van der Waals surface area contributed by atoms with E-state index in [4.69, 9.17) is 19.9 Å². The number of thioether (sulfide) groups is 1. The lowest BCUT2D eigenvalue weighted by molar-refractivity contribution is -0.157. The third-order valence-corrected chi connectivity index (χ3v) is 11.2. The van der Waals surface area contributed by atoms with Gasteiger partial charge in [-0.1, -0.05) is 135 Å². The van der Waals surface area contributed by atoms with Crippen LogP contribution in [-0.4, -0.2) is 114 Å². The minimum atomic E-state index is -1.62. The van der Waals surface area contributed by atoms with Crippen LogP contribution in [0, 0.1) is 0 Å². The van der Waals surface area contributed by atoms with Gasteiger partial charge in [0, 0.05) is 24.3 Å². The molecule has 0 radical (unpaired) electrons. The summed E-state index contributed by atoms with van der Waals surface area (Å²) in [5.74, 6) is -0.657. The number of hydrogen-bond acceptors (Lipinski definition) is 14. The summed E-state index contributed by atoms with van der Waals surface area (Å²) in [4.78, 5) is 38.1. The van der Waals surface area contributed by atoms with Crippen LogP contribution in [0.2, 0.25) is 0 Å². The van der Waals surface area contributed by atoms with Crippen molar-refractivity contribution in [3.8, 4) is 0 Å². The van der Waals surface area contributed by atoms with E-state index in [2.05, 4.69) is 29.5 Å². The molecule has 16 heteroatoms. The van der Waals surface area contributed by atoms with Crippen molar-refractivity contribution in [1.29, 1.82) is 0 Å². The van der Waals surface area contributed by atoms with E-state index >= 15 is 0 Å². The first-order valence-corrected chi connectivity index (χ1v) is 22.5. The Morgan fingerprint density at radius 2 is 1.32 bits per heavy atom. The zero-order chi connectivity index (χ0) is 41.0. The molecule has 7 N–H and O–H groups in total. The maximum atomic E-state index is 12.8. The van der Waals surface area contributed by atoms with Crippen LogP contribution in [0.15, 0.2) is 6.20 Å². The summed E-state index contributed by atoms with van der Waals surface area (Å²) in [6, 6.07) is -0.956. The van der Waals surface area contributed by atoms with Crippen LogP contribution in [0.5, 0.6) is 0 Å². The molecule has 0 bridgehead atoms. The van der Waals surface area contributed by atoms with Gasteiger partial charge in [-0.3, -0.25) is 14.4 Å². The van der Waals surface area contributed by atoms with E-state index in [9.17, 15) is 34.8 Å². The van der Waals surface area contributed by atoms with Gasteiger partial charge in [0.25, 0.3) is 0 Å². The van der Waals surface area contributed by atoms with Gasteiger partial charge in [-0.15, -0.1) is 5.10 Å². The number of nitrogens with zero attached hydrogens (tertiary/aromatic N) is 3. The predicted molar refractivity (Wildman–Crippen MR) is 217 cm³/mol. The van der Waals surface area contributed by atoms with Crippen LogP contribution < -0.4 is 11.1 Å². The second-order valence-corrected chi connectivity index (χ2v) is 16.2. The highest BCUT2D eigenvalue weighted by Crippen LogP contribution is 2.23. The number of hydrogen-bond donors (Lipinski definition) is 6. The molecule has 1 amide bonds. The Morgan fingerprint density at radius 3 is 1.84 bits per heavy atom. The van der Waals surface area contributed by atoms with E-state index in [-0.39, 0.29) is 42.4 Å². The highest BCUT2D eigenvalue weighted by Gasteiger charge is 2.45. The Balaban J connectivity index is 1.76. The standard InChI is InChI=1S/C40H73N5O10S/c1-3-5-7-9-11-13-15-17-19-21-23-34(47)53-27-30(54-35(48)24-22-20-18-16-14-12-10-8-6-4-2)28-56-29-31(41)39(51)42-33-26-45(44-43-33)25-32(46)38-36(49)37(50)40(52)55-38/h26,30-32,36-38,40,46,49-50,52H,3-25,27-29,41H2,1-2H3,(H,42,51)/t30-,31-,32+,36+,37+,38?,40?/m1/s1. The number of nitrogens with two attached hydrogens (primary N) is 1. The zero-order valence-corrected chi connectivity index (χ0v) is 34.9. The minimum Gasteiger partial charge on any atom is -0.462 e. The van der Waals surface area contributed by atoms with Crippen molar-refractivity contribution in [3.05, 3.63) is 6.20 Å². The summed E-state index contributed by atoms with van der Waals surface area (Å²) < 4.78 is 17.5. The molecule has 2 heterocycles. The van der Waals surface area contributed by atoms with Crippen molar-refractivity contribution in [2.75, 3.05) is 23.4 Å². The number of aliphatic hydroxyl groups excluding tert-OH is 4. The quantitative estimate of drug-likeness (QED) is 0.0391. The summed E-state index contributed by atoms with van der Waals surface area (Å²) in [5, 5.41) is 49.9. The minimum absolute atomic E-state index is 0.0649. The van der Waals surface area contributed by atoms with Gasteiger partial charge >= 0.3 is 11.9 Å². The SMILES string of the molecule is CCCCCCCCCCCCC(=O)OC[C@H](CSC[C@@H](N)C(=O)Nc1cn(C[C@H](O)C2OC(O)[C@@H](O)[C@@H]2O)nn1)OC(=O)CCCCCCCCCCCC. The van der Waals surface area contributed by atoms with Crippen LogP contribution in [0.3, 0.4) is 0 Å². The average molecular weight is 816 g/mol. The Hall–Kier alpha value is -2.34. The number of esters is 2. The molecule has 1 aromatic heterocycles. The maximum Gasteiger partial charge on any atom is 0.306 e. The Bertz CT molecular complexity index is 1200. The molecule has 1 saturated heterocycles. The highest BCUT2D eigenvalue weighted by atomic mass is 32.2. The van der Waals surface area contributed by atoms with Gasteiger partial charge in [-0.2, -0.15) is 11.8 Å². The summed E-state index contributed by atoms with van der Waals surface area (Å²) in [5.41, 5.74) is 6.15. The number of carbonyl (C=O) groups excluding carboxylic acids is 3. The number of aromatic nitrogens is 3. The third-order valence-electron chi connectivity index (χ3n) is 9.95. The van der Waals surface area contributed by atoms with Crippen LogP contribution in [0.1, 0.15) is 155 Å². The van der Waals surface area contributed by atoms with Crippen molar-refractivity contribution in [2.24, 2.45) is 5.73 Å². The molecule has 2 rings (SSSR count). The first kappa shape index (κ1) is 49.8. The normalized spacial score (nSPS) is 19.8. The Morgan fingerprint density at radius 1 is 0.804 bits per heavy atom. The largest absolute Gasteiger partial charge is 0.462 e. The van der Waals surface area contributed by atoms with Crippen LogP contribution >= 0.6 is 11.8 Å². The molecule has 1 aromatic rings. The van der Waals surface area contributed by atoms with E-state index < -0.39 is 48.8 Å². The smallest absolute Gasteiger partial charge is 0.306 e. The lowest BCUT2D eigenvalue weighted by Crippen LogP contribution is -2.40. The molecule has 56 heavy (non-hydrogen) atoms. The van der Waals surface area contributed by atoms with Gasteiger partial charge in [-0.05, 0) is 12.8 Å². The molecule has 324 valence electrons. The van der Waals surface area contributed by atoms with Gasteiger partial charge < -0.3 is 45.7 Å². The number of ether oxygens (including phenoxy) is 3. The number of aliphatic hydroxyl groups is 4. The van der Waals surface area contributed by atoms with Crippen LogP contribution in [0.4, 0.5) is 5.82 Å². The molecule has 1 aliphatic rings. The lowest BCUT2D eigenvalue weighted by Gasteiger charge is -2.20. The second-order valence-electron chi connectivity index (χ2n) is 15.2. The molecule has 2 unspecified atom stereocenters. The van der Waals surface area contributed by atoms with E-state index in [1.54, 1.807) is 0 Å². The summed E-state index contributed by atoms with van der Waals surface area (Å²) in [6.07, 6.45) is 17.3. The maximum absolute atomic E-state index is 12.8. The molecule has 0 spiro atoms. The third kappa shape index (κ3) is 22.0. The molecule has 15 nitrogen and oxygen atoms in total. The number of amides is 1. The van der Waals surface area contributed by atoms with Gasteiger partial charge in [0.1, 0.15) is 37.1 Å². The number of rotatable bonds is 34. The fourth-order valence-electron chi connectivity index (χ4n) is 6.50. The van der Waals surface area contributed by atoms with Gasteiger partial charge in [0.2, 0.25) is 5.91 Å². The van der Waals surface area contributed by atoms with Crippen molar-refractivity contribution in [3.63, 3.8) is 0 Å². The zero-order valence-electron chi connectivity index (χ0n) is 34.1. The number of nitrogens with one attached hydrogen (secondary N) is 1. The molecule has 0 aromatic carbocycles. The number of unbranched alkanes of at least 4 members (excludes halogenated alkanes) is 18. The van der Waals surface area contributed by atoms with Gasteiger partial charge in [-0.25, -0.2) is 4.68 Å². The molecule has 1 aliphatic heterocycles. The predicted octanol–water partition coefficient (Wildman–Crippen LogP) is 5.15. The van der Waals surface area contributed by atoms with Crippen molar-refractivity contribution in [2.45, 2.75) is 205 Å². The lowest BCUT2D eigenvalue weighted by atomic mass is 10.1. The Kier molecular flexibility index (Phi) is 27.3. The fourth-order valence-corrected chi connectivity index (χ4v) is 7.47. The molecule has 7 atom stereocenters. The number of carbonyl (C=O) groups is 3. The monoisotopic (exact) mass is 816 g/mol. The van der Waals surface area contributed by atoms with Crippen molar-refractivity contribution < 1.29 is 49.0 Å². The molecular formula is C40H73N5O10S. The van der Waals surface area contributed by atoms with E-state index in [1.807, 2.05) is 0 Å². The fraction of sp³-hybridized carbons (Fsp3) is 0.875. The molecule has 0 saturated carbocycles. The number of anilines is 1. The second kappa shape index (κ2) is 30.7. The first-order valence-electron chi connectivity index (χ1n) is 21.3. The van der Waals surface area contributed by atoms with Gasteiger partial charge in [0.15, 0.2) is 12.1 Å². The van der Waals surface area contributed by atoms with E-state index in [1.165, 1.54) is 113 Å². The van der Waals surface area contributed by atoms with Crippen molar-refractivity contribution in [1.82, 2.24) is 15.0 Å². The van der Waals surface area contributed by atoms with E-state index in [0.717, 1.165) is 38.5 Å². The molecule has 0 aliphatic carbocycles. The average Bonchev–Trinajstić information content (AvgIpc) is 3.72. The van der Waals surface area contributed by atoms with Gasteiger partial charge in [0.05, 0.1) is 18.8 Å². The molecule has 1 fully saturated rings. The molecular weight excluding hydrogens is 743 g/mol. The van der Waals surface area contributed by atoms with Crippen LogP contribution in [0.25, 0.3) is 0 Å². The van der Waals surface area contributed by atoms with Crippen LogP contribution in [-0.2, 0) is 35.1 Å². The first-order chi connectivity index (χ1) is 27.0. The summed E-state index contributed by atoms with van der Waals surface area (Å²) in [7, 11) is 0. The summed E-state index contributed by atoms with van der Waals surface area (Å²) in [6.45, 7) is 4.18. The highest BCUT2D eigenvalue weighted by molar-refractivity contribution is 7.99. The van der Waals surface area contributed by atoms with E-state index in [0.29, 0.717) is 12.8 Å².